The first-order valence-electron chi connectivity index (χ1n) is 7.59. The minimum absolute atomic E-state index is 0.178. The number of hydrogen-bond acceptors (Lipinski definition) is 1. The molecule has 0 aliphatic carbocycles. The lowest BCUT2D eigenvalue weighted by atomic mass is 9.91. The molecule has 21 heavy (non-hydrogen) atoms. The van der Waals surface area contributed by atoms with Gasteiger partial charge in [-0.15, -0.1) is 0 Å². The van der Waals surface area contributed by atoms with Crippen LogP contribution in [0.3, 0.4) is 0 Å². The van der Waals surface area contributed by atoms with Crippen molar-refractivity contribution < 1.29 is 4.39 Å². The van der Waals surface area contributed by atoms with Crippen molar-refractivity contribution in [1.82, 2.24) is 5.32 Å². The Balaban J connectivity index is 2.13. The molecule has 0 bridgehead atoms. The SMILES string of the molecule is CNCC(Cc1ccc(C(C)C)cc1)c1ccc(F)cc1. The molecule has 1 N–H and O–H groups in total. The van der Waals surface area contributed by atoms with E-state index >= 15 is 0 Å². The van der Waals surface area contributed by atoms with E-state index in [1.165, 1.54) is 16.7 Å². The van der Waals surface area contributed by atoms with E-state index in [0.717, 1.165) is 13.0 Å². The number of likely N-dealkylation sites (N-methyl/N-ethyl adjacent to an activating group) is 1. The average Bonchev–Trinajstić information content (AvgIpc) is 2.48. The molecule has 112 valence electrons. The van der Waals surface area contributed by atoms with E-state index in [0.29, 0.717) is 11.8 Å². The van der Waals surface area contributed by atoms with Crippen molar-refractivity contribution in [2.75, 3.05) is 13.6 Å². The highest BCUT2D eigenvalue weighted by Crippen LogP contribution is 2.22. The first-order valence-corrected chi connectivity index (χ1v) is 7.59. The van der Waals surface area contributed by atoms with Gasteiger partial charge in [-0.05, 0) is 48.2 Å². The van der Waals surface area contributed by atoms with E-state index in [2.05, 4.69) is 43.4 Å². The second kappa shape index (κ2) is 7.37. The Morgan fingerprint density at radius 2 is 1.48 bits per heavy atom. The molecule has 0 radical (unpaired) electrons. The molecule has 1 atom stereocenters. The zero-order valence-electron chi connectivity index (χ0n) is 13.1. The lowest BCUT2D eigenvalue weighted by Gasteiger charge is -2.18. The zero-order chi connectivity index (χ0) is 15.2. The van der Waals surface area contributed by atoms with Crippen LogP contribution < -0.4 is 5.32 Å². The topological polar surface area (TPSA) is 12.0 Å². The fourth-order valence-corrected chi connectivity index (χ4v) is 2.61. The standard InChI is InChI=1S/C19H24FN/c1-14(2)16-6-4-15(5-7-16)12-18(13-21-3)17-8-10-19(20)11-9-17/h4-11,14,18,21H,12-13H2,1-3H3. The monoisotopic (exact) mass is 285 g/mol. The fourth-order valence-electron chi connectivity index (χ4n) is 2.61. The van der Waals surface area contributed by atoms with Gasteiger partial charge in [0.05, 0.1) is 0 Å². The van der Waals surface area contributed by atoms with Gasteiger partial charge in [-0.1, -0.05) is 50.2 Å². The summed E-state index contributed by atoms with van der Waals surface area (Å²) in [5, 5.41) is 3.24. The minimum Gasteiger partial charge on any atom is -0.319 e. The number of nitrogens with one attached hydrogen (secondary N) is 1. The molecule has 2 rings (SSSR count). The number of rotatable bonds is 6. The van der Waals surface area contributed by atoms with Gasteiger partial charge in [-0.3, -0.25) is 0 Å². The smallest absolute Gasteiger partial charge is 0.123 e. The molecular weight excluding hydrogens is 261 g/mol. The third kappa shape index (κ3) is 4.40. The average molecular weight is 285 g/mol. The molecule has 0 saturated carbocycles. The molecule has 2 aromatic rings. The Kier molecular flexibility index (Phi) is 5.51. The van der Waals surface area contributed by atoms with Crippen LogP contribution in [0.25, 0.3) is 0 Å². The van der Waals surface area contributed by atoms with Crippen molar-refractivity contribution in [3.05, 3.63) is 71.0 Å². The fraction of sp³-hybridized carbons (Fsp3) is 0.368. The van der Waals surface area contributed by atoms with Crippen LogP contribution in [0.4, 0.5) is 4.39 Å². The molecule has 0 saturated heterocycles. The summed E-state index contributed by atoms with van der Waals surface area (Å²) in [6.45, 7) is 5.30. The summed E-state index contributed by atoms with van der Waals surface area (Å²) < 4.78 is 13.1. The summed E-state index contributed by atoms with van der Waals surface area (Å²) in [6.07, 6.45) is 0.963. The molecule has 0 aliphatic heterocycles. The largest absolute Gasteiger partial charge is 0.319 e. The van der Waals surface area contributed by atoms with Crippen LogP contribution in [0.2, 0.25) is 0 Å². The van der Waals surface area contributed by atoms with Crippen molar-refractivity contribution >= 4 is 0 Å². The van der Waals surface area contributed by atoms with Gasteiger partial charge in [-0.25, -0.2) is 4.39 Å². The zero-order valence-corrected chi connectivity index (χ0v) is 13.1. The second-order valence-corrected chi connectivity index (χ2v) is 5.91. The molecule has 1 unspecified atom stereocenters. The number of hydrogen-bond donors (Lipinski definition) is 1. The van der Waals surface area contributed by atoms with E-state index < -0.39 is 0 Å². The molecule has 0 heterocycles. The summed E-state index contributed by atoms with van der Waals surface area (Å²) in [7, 11) is 1.96. The van der Waals surface area contributed by atoms with Crippen LogP contribution in [0, 0.1) is 5.82 Å². The molecule has 0 aromatic heterocycles. The van der Waals surface area contributed by atoms with Gasteiger partial charge in [0.2, 0.25) is 0 Å². The number of benzene rings is 2. The highest BCUT2D eigenvalue weighted by Gasteiger charge is 2.12. The van der Waals surface area contributed by atoms with Crippen LogP contribution in [0.15, 0.2) is 48.5 Å². The summed E-state index contributed by atoms with van der Waals surface area (Å²) in [5.41, 5.74) is 3.87. The van der Waals surface area contributed by atoms with Crippen LogP contribution in [-0.2, 0) is 6.42 Å². The van der Waals surface area contributed by atoms with Gasteiger partial charge in [0, 0.05) is 12.5 Å². The van der Waals surface area contributed by atoms with E-state index in [4.69, 9.17) is 0 Å². The highest BCUT2D eigenvalue weighted by molar-refractivity contribution is 5.28. The van der Waals surface area contributed by atoms with Crippen LogP contribution >= 0.6 is 0 Å². The van der Waals surface area contributed by atoms with Crippen molar-refractivity contribution in [1.29, 1.82) is 0 Å². The van der Waals surface area contributed by atoms with Crippen molar-refractivity contribution in [2.45, 2.75) is 32.1 Å². The Morgan fingerprint density at radius 3 is 2.00 bits per heavy atom. The quantitative estimate of drug-likeness (QED) is 0.824. The lowest BCUT2D eigenvalue weighted by Crippen LogP contribution is -2.19. The molecule has 0 spiro atoms. The molecule has 1 nitrogen and oxygen atoms in total. The summed E-state index contributed by atoms with van der Waals surface area (Å²) in [5.74, 6) is 0.744. The predicted octanol–water partition coefficient (Wildman–Crippen LogP) is 4.49. The van der Waals surface area contributed by atoms with Crippen molar-refractivity contribution in [3.63, 3.8) is 0 Å². The molecule has 0 amide bonds. The van der Waals surface area contributed by atoms with Gasteiger partial charge in [0.15, 0.2) is 0 Å². The first-order chi connectivity index (χ1) is 10.1. The Bertz CT molecular complexity index is 543. The summed E-state index contributed by atoms with van der Waals surface area (Å²) >= 11 is 0. The molecular formula is C19H24FN. The van der Waals surface area contributed by atoms with Crippen LogP contribution in [-0.4, -0.2) is 13.6 Å². The summed E-state index contributed by atoms with van der Waals surface area (Å²) in [4.78, 5) is 0. The van der Waals surface area contributed by atoms with Crippen molar-refractivity contribution in [3.8, 4) is 0 Å². The Labute approximate surface area is 127 Å². The van der Waals surface area contributed by atoms with Gasteiger partial charge in [0.1, 0.15) is 5.82 Å². The maximum Gasteiger partial charge on any atom is 0.123 e. The van der Waals surface area contributed by atoms with Gasteiger partial charge >= 0.3 is 0 Å². The van der Waals surface area contributed by atoms with E-state index in [1.54, 1.807) is 12.1 Å². The lowest BCUT2D eigenvalue weighted by molar-refractivity contribution is 0.611. The first kappa shape index (κ1) is 15.7. The molecule has 0 aliphatic rings. The van der Waals surface area contributed by atoms with E-state index in [1.807, 2.05) is 19.2 Å². The van der Waals surface area contributed by atoms with Crippen LogP contribution in [0.5, 0.6) is 0 Å². The highest BCUT2D eigenvalue weighted by atomic mass is 19.1. The van der Waals surface area contributed by atoms with E-state index in [9.17, 15) is 4.39 Å². The Hall–Kier alpha value is -1.67. The predicted molar refractivity (Wildman–Crippen MR) is 87.3 cm³/mol. The second-order valence-electron chi connectivity index (χ2n) is 5.91. The van der Waals surface area contributed by atoms with Gasteiger partial charge in [0.25, 0.3) is 0 Å². The Morgan fingerprint density at radius 1 is 0.905 bits per heavy atom. The van der Waals surface area contributed by atoms with Gasteiger partial charge < -0.3 is 5.32 Å². The summed E-state index contributed by atoms with van der Waals surface area (Å²) in [6, 6.07) is 15.7. The minimum atomic E-state index is -0.178. The maximum atomic E-state index is 13.1. The molecule has 0 fully saturated rings. The molecule has 2 aromatic carbocycles. The normalized spacial score (nSPS) is 12.6. The molecule has 2 heteroatoms. The van der Waals surface area contributed by atoms with E-state index in [-0.39, 0.29) is 5.82 Å². The van der Waals surface area contributed by atoms with Crippen molar-refractivity contribution in [2.24, 2.45) is 0 Å². The third-order valence-corrected chi connectivity index (χ3v) is 3.92. The number of halogens is 1. The van der Waals surface area contributed by atoms with Gasteiger partial charge in [-0.2, -0.15) is 0 Å². The maximum absolute atomic E-state index is 13.1. The van der Waals surface area contributed by atoms with Crippen LogP contribution in [0.1, 0.15) is 42.4 Å². The third-order valence-electron chi connectivity index (χ3n) is 3.92.